The predicted molar refractivity (Wildman–Crippen MR) is 123 cm³/mol. The molecule has 2 N–H and O–H groups in total. The number of hydrogen-bond acceptors (Lipinski definition) is 4. The number of rotatable bonds is 3. The molecule has 0 aliphatic carbocycles. The molecule has 0 saturated carbocycles. The highest BCUT2D eigenvalue weighted by Crippen LogP contribution is 2.36. The molecular formula is C21H31IN4O3. The Bertz CT molecular complexity index is 757. The van der Waals surface area contributed by atoms with Crippen molar-refractivity contribution in [2.45, 2.75) is 39.2 Å². The predicted octanol–water partition coefficient (Wildman–Crippen LogP) is 2.53. The number of fused-ring (bicyclic) bond motifs is 1. The average Bonchev–Trinajstić information content (AvgIpc) is 2.91. The molecule has 7 nitrogen and oxygen atoms in total. The van der Waals surface area contributed by atoms with Crippen molar-refractivity contribution < 1.29 is 14.3 Å². The molecule has 1 atom stereocenters. The highest BCUT2D eigenvalue weighted by Gasteiger charge is 2.42. The van der Waals surface area contributed by atoms with Crippen LogP contribution in [0.4, 0.5) is 0 Å². The van der Waals surface area contributed by atoms with Gasteiger partial charge < -0.3 is 25.0 Å². The minimum absolute atomic E-state index is 0. The van der Waals surface area contributed by atoms with Gasteiger partial charge in [-0.05, 0) is 37.5 Å². The molecule has 4 rings (SSSR count). The summed E-state index contributed by atoms with van der Waals surface area (Å²) < 4.78 is 11.5. The molecule has 1 amide bonds. The SMILES string of the molecule is CCNC(=NCc1ccc2c(c1)OCCCO2)N1CCCC2(CNC(=O)C2)C1.I. The van der Waals surface area contributed by atoms with Crippen LogP contribution in [0.15, 0.2) is 23.2 Å². The van der Waals surface area contributed by atoms with Gasteiger partial charge in [-0.3, -0.25) is 4.79 Å². The van der Waals surface area contributed by atoms with Gasteiger partial charge in [0.15, 0.2) is 17.5 Å². The molecule has 8 heteroatoms. The second kappa shape index (κ2) is 9.86. The number of likely N-dealkylation sites (tertiary alicyclic amines) is 1. The fraction of sp³-hybridized carbons (Fsp3) is 0.619. The number of carbonyl (C=O) groups is 1. The van der Waals surface area contributed by atoms with Crippen molar-refractivity contribution in [2.75, 3.05) is 39.4 Å². The summed E-state index contributed by atoms with van der Waals surface area (Å²) in [6.45, 7) is 7.50. The standard InChI is InChI=1S/C21H30N4O3.HI/c1-2-22-20(25-8-3-7-21(15-25)12-19(26)24-14-21)23-13-16-5-6-17-18(11-16)28-10-4-9-27-17;/h5-6,11H,2-4,7-10,12-15H2,1H3,(H,22,23)(H,24,26);1H. The lowest BCUT2D eigenvalue weighted by atomic mass is 9.79. The van der Waals surface area contributed by atoms with E-state index in [0.29, 0.717) is 26.2 Å². The molecule has 0 radical (unpaired) electrons. The fourth-order valence-corrected chi connectivity index (χ4v) is 4.33. The monoisotopic (exact) mass is 514 g/mol. The van der Waals surface area contributed by atoms with Gasteiger partial charge in [0.05, 0.1) is 19.8 Å². The minimum atomic E-state index is 0. The first-order chi connectivity index (χ1) is 13.7. The van der Waals surface area contributed by atoms with Crippen LogP contribution >= 0.6 is 24.0 Å². The number of guanidine groups is 1. The van der Waals surface area contributed by atoms with Crippen molar-refractivity contribution in [3.63, 3.8) is 0 Å². The van der Waals surface area contributed by atoms with E-state index < -0.39 is 0 Å². The number of nitrogens with zero attached hydrogens (tertiary/aromatic N) is 2. The highest BCUT2D eigenvalue weighted by atomic mass is 127. The first-order valence-corrected chi connectivity index (χ1v) is 10.4. The van der Waals surface area contributed by atoms with Gasteiger partial charge in [0.2, 0.25) is 5.91 Å². The number of hydrogen-bond donors (Lipinski definition) is 2. The first kappa shape index (κ1) is 22.0. The molecule has 1 unspecified atom stereocenters. The van der Waals surface area contributed by atoms with E-state index in [1.165, 1.54) is 0 Å². The zero-order valence-corrected chi connectivity index (χ0v) is 19.4. The summed E-state index contributed by atoms with van der Waals surface area (Å²) in [5.74, 6) is 2.72. The van der Waals surface area contributed by atoms with Crippen molar-refractivity contribution in [3.8, 4) is 11.5 Å². The van der Waals surface area contributed by atoms with Crippen LogP contribution in [0, 0.1) is 5.41 Å². The molecule has 3 aliphatic rings. The first-order valence-electron chi connectivity index (χ1n) is 10.4. The average molecular weight is 514 g/mol. The zero-order chi connectivity index (χ0) is 19.4. The minimum Gasteiger partial charge on any atom is -0.490 e. The van der Waals surface area contributed by atoms with E-state index in [1.807, 2.05) is 12.1 Å². The summed E-state index contributed by atoms with van der Waals surface area (Å²) in [5.41, 5.74) is 1.16. The summed E-state index contributed by atoms with van der Waals surface area (Å²) in [5, 5.41) is 6.44. The largest absolute Gasteiger partial charge is 0.490 e. The Morgan fingerprint density at radius 2 is 2.10 bits per heavy atom. The van der Waals surface area contributed by atoms with Gasteiger partial charge in [-0.25, -0.2) is 4.99 Å². The maximum absolute atomic E-state index is 11.8. The van der Waals surface area contributed by atoms with Gasteiger partial charge in [0, 0.05) is 44.4 Å². The van der Waals surface area contributed by atoms with Gasteiger partial charge in [0.25, 0.3) is 0 Å². The van der Waals surface area contributed by atoms with Crippen LogP contribution in [0.3, 0.4) is 0 Å². The summed E-state index contributed by atoms with van der Waals surface area (Å²) in [4.78, 5) is 19.0. The van der Waals surface area contributed by atoms with Crippen LogP contribution in [-0.2, 0) is 11.3 Å². The second-order valence-corrected chi connectivity index (χ2v) is 7.98. The van der Waals surface area contributed by atoms with Crippen molar-refractivity contribution in [3.05, 3.63) is 23.8 Å². The maximum atomic E-state index is 11.8. The molecule has 3 aliphatic heterocycles. The summed E-state index contributed by atoms with van der Waals surface area (Å²) >= 11 is 0. The van der Waals surface area contributed by atoms with E-state index in [4.69, 9.17) is 14.5 Å². The highest BCUT2D eigenvalue weighted by molar-refractivity contribution is 14.0. The lowest BCUT2D eigenvalue weighted by Crippen LogP contribution is -2.51. The van der Waals surface area contributed by atoms with Crippen LogP contribution < -0.4 is 20.1 Å². The fourth-order valence-electron chi connectivity index (χ4n) is 4.33. The van der Waals surface area contributed by atoms with Gasteiger partial charge >= 0.3 is 0 Å². The van der Waals surface area contributed by atoms with E-state index >= 15 is 0 Å². The zero-order valence-electron chi connectivity index (χ0n) is 17.0. The number of amides is 1. The van der Waals surface area contributed by atoms with Gasteiger partial charge in [-0.15, -0.1) is 24.0 Å². The van der Waals surface area contributed by atoms with Crippen molar-refractivity contribution >= 4 is 35.8 Å². The smallest absolute Gasteiger partial charge is 0.220 e. The number of benzene rings is 1. The molecule has 1 aromatic rings. The molecule has 1 spiro atoms. The molecule has 0 bridgehead atoms. The number of nitrogens with one attached hydrogen (secondary N) is 2. The lowest BCUT2D eigenvalue weighted by molar-refractivity contribution is -0.119. The molecule has 2 fully saturated rings. The second-order valence-electron chi connectivity index (χ2n) is 7.98. The quantitative estimate of drug-likeness (QED) is 0.369. The number of ether oxygens (including phenoxy) is 2. The van der Waals surface area contributed by atoms with E-state index in [1.54, 1.807) is 0 Å². The van der Waals surface area contributed by atoms with E-state index in [-0.39, 0.29) is 35.3 Å². The Hall–Kier alpha value is -1.71. The summed E-state index contributed by atoms with van der Waals surface area (Å²) in [7, 11) is 0. The van der Waals surface area contributed by atoms with E-state index in [9.17, 15) is 4.79 Å². The van der Waals surface area contributed by atoms with Crippen LogP contribution in [0.5, 0.6) is 11.5 Å². The Morgan fingerprint density at radius 1 is 1.28 bits per heavy atom. The van der Waals surface area contributed by atoms with Gasteiger partial charge in [-0.1, -0.05) is 6.07 Å². The molecule has 3 heterocycles. The maximum Gasteiger partial charge on any atom is 0.220 e. The number of halogens is 1. The Kier molecular flexibility index (Phi) is 7.48. The molecule has 0 aromatic heterocycles. The van der Waals surface area contributed by atoms with Crippen LogP contribution in [0.2, 0.25) is 0 Å². The molecular weight excluding hydrogens is 483 g/mol. The Labute approximate surface area is 189 Å². The Morgan fingerprint density at radius 3 is 2.86 bits per heavy atom. The van der Waals surface area contributed by atoms with Crippen LogP contribution in [0.1, 0.15) is 38.2 Å². The summed E-state index contributed by atoms with van der Waals surface area (Å²) in [6.07, 6.45) is 3.72. The van der Waals surface area contributed by atoms with Gasteiger partial charge in [-0.2, -0.15) is 0 Å². The van der Waals surface area contributed by atoms with Crippen LogP contribution in [0.25, 0.3) is 0 Å². The molecule has 2 saturated heterocycles. The van der Waals surface area contributed by atoms with Gasteiger partial charge in [0.1, 0.15) is 0 Å². The van der Waals surface area contributed by atoms with Crippen molar-refractivity contribution in [1.29, 1.82) is 0 Å². The third-order valence-electron chi connectivity index (χ3n) is 5.72. The van der Waals surface area contributed by atoms with E-state index in [0.717, 1.165) is 68.5 Å². The van der Waals surface area contributed by atoms with Crippen molar-refractivity contribution in [1.82, 2.24) is 15.5 Å². The third-order valence-corrected chi connectivity index (χ3v) is 5.72. The molecule has 160 valence electrons. The topological polar surface area (TPSA) is 75.2 Å². The number of carbonyl (C=O) groups excluding carboxylic acids is 1. The van der Waals surface area contributed by atoms with Crippen molar-refractivity contribution in [2.24, 2.45) is 10.4 Å². The Balaban J connectivity index is 0.00000240. The number of piperidine rings is 1. The number of aliphatic imine (C=N–C) groups is 1. The summed E-state index contributed by atoms with van der Waals surface area (Å²) in [6, 6.07) is 6.06. The van der Waals surface area contributed by atoms with E-state index in [2.05, 4.69) is 28.5 Å². The normalized spacial score (nSPS) is 24.0. The third kappa shape index (κ3) is 5.26. The molecule has 29 heavy (non-hydrogen) atoms. The lowest BCUT2D eigenvalue weighted by Gasteiger charge is -2.40. The van der Waals surface area contributed by atoms with Crippen LogP contribution in [-0.4, -0.2) is 56.2 Å². The molecule has 1 aromatic carbocycles.